The van der Waals surface area contributed by atoms with E-state index in [4.69, 9.17) is 0 Å². The molecule has 2 amide bonds. The first-order valence-corrected chi connectivity index (χ1v) is 13.9. The van der Waals surface area contributed by atoms with Gasteiger partial charge in [-0.2, -0.15) is 13.2 Å². The van der Waals surface area contributed by atoms with Gasteiger partial charge in [0.15, 0.2) is 15.6 Å². The summed E-state index contributed by atoms with van der Waals surface area (Å²) in [5.74, 6) is -6.57. The molecule has 1 aliphatic carbocycles. The van der Waals surface area contributed by atoms with Gasteiger partial charge in [0, 0.05) is 17.7 Å². The predicted octanol–water partition coefficient (Wildman–Crippen LogP) is 3.80. The molecule has 1 heterocycles. The maximum absolute atomic E-state index is 14.7. The Kier molecular flexibility index (Phi) is 8.20. The molecule has 0 spiro atoms. The number of nitrogens with zero attached hydrogens (tertiary/aromatic N) is 1. The Hall–Kier alpha value is -3.55. The van der Waals surface area contributed by atoms with Gasteiger partial charge in [-0.05, 0) is 61.9 Å². The zero-order chi connectivity index (χ0) is 29.4. The molecule has 2 aromatic carbocycles. The number of sulfone groups is 1. The average Bonchev–Trinajstić information content (AvgIpc) is 3.62. The van der Waals surface area contributed by atoms with Gasteiger partial charge in [0.2, 0.25) is 5.91 Å². The van der Waals surface area contributed by atoms with Crippen molar-refractivity contribution < 1.29 is 49.5 Å². The normalized spacial score (nSPS) is 18.4. The van der Waals surface area contributed by atoms with Crippen molar-refractivity contribution in [3.8, 4) is 0 Å². The summed E-state index contributed by atoms with van der Waals surface area (Å²) in [6.45, 7) is 0.146. The third-order valence-electron chi connectivity index (χ3n) is 6.91. The van der Waals surface area contributed by atoms with Crippen LogP contribution < -0.4 is 5.32 Å². The summed E-state index contributed by atoms with van der Waals surface area (Å²) in [5, 5.41) is 2.60. The topological polar surface area (TPSA) is 110 Å². The number of alkyl halides is 3. The zero-order valence-corrected chi connectivity index (χ0v) is 22.0. The molecule has 14 heteroatoms. The fourth-order valence-corrected chi connectivity index (χ4v) is 5.90. The van der Waals surface area contributed by atoms with Gasteiger partial charge < -0.3 is 15.0 Å². The van der Waals surface area contributed by atoms with Crippen molar-refractivity contribution in [3.63, 3.8) is 0 Å². The number of methoxy groups -OCH3 is 1. The van der Waals surface area contributed by atoms with E-state index in [0.29, 0.717) is 25.3 Å². The second kappa shape index (κ2) is 11.1. The lowest BCUT2D eigenvalue weighted by molar-refractivity contribution is -0.140. The van der Waals surface area contributed by atoms with E-state index >= 15 is 0 Å². The first-order chi connectivity index (χ1) is 18.7. The number of benzene rings is 2. The summed E-state index contributed by atoms with van der Waals surface area (Å²) in [4.78, 5) is 39.0. The van der Waals surface area contributed by atoms with Crippen molar-refractivity contribution in [2.24, 2.45) is 5.92 Å². The summed E-state index contributed by atoms with van der Waals surface area (Å²) in [6.07, 6.45) is -3.39. The third-order valence-corrected chi connectivity index (χ3v) is 8.50. The number of hydrogen-bond donors (Lipinski definition) is 1. The number of ether oxygens (including phenoxy) is 1. The number of halogens is 5. The van der Waals surface area contributed by atoms with Crippen LogP contribution in [0.3, 0.4) is 0 Å². The van der Waals surface area contributed by atoms with Crippen LogP contribution >= 0.6 is 0 Å². The van der Waals surface area contributed by atoms with Gasteiger partial charge in [-0.1, -0.05) is 6.07 Å². The fourth-order valence-electron chi connectivity index (χ4n) is 4.71. The summed E-state index contributed by atoms with van der Waals surface area (Å²) < 4.78 is 97.4. The number of carbonyl (C=O) groups excluding carboxylic acids is 3. The van der Waals surface area contributed by atoms with E-state index in [0.717, 1.165) is 13.2 Å². The molecule has 2 aliphatic rings. The van der Waals surface area contributed by atoms with Crippen LogP contribution in [-0.2, 0) is 30.3 Å². The number of likely N-dealkylation sites (tertiary alicyclic amines) is 1. The Bertz CT molecular complexity index is 1440. The fraction of sp³-hybridized carbons (Fsp3) is 0.423. The number of carbonyl (C=O) groups is 3. The minimum Gasteiger partial charge on any atom is -0.468 e. The minimum absolute atomic E-state index is 0.0553. The molecule has 0 bridgehead atoms. The number of nitrogens with one attached hydrogen (secondary N) is 1. The molecule has 1 N–H and O–H groups in total. The van der Waals surface area contributed by atoms with E-state index in [-0.39, 0.29) is 35.4 Å². The lowest BCUT2D eigenvalue weighted by Crippen LogP contribution is -2.47. The molecule has 1 unspecified atom stereocenters. The standard InChI is InChI=1S/C26H25F5N2O6S/c1-39-22(34)13-40(37,38)16-5-2-4-15(10-16)25(36)33-9-3-6-21(33)24(35)32-23(14-7-8-14)17-11-20(28)18(12-19(17)27)26(29,30)31/h2,4-5,10-12,14,21,23H,3,6-9,13H2,1H3,(H,32,35)/t21-,23?/m1/s1. The molecule has 0 aromatic heterocycles. The van der Waals surface area contributed by atoms with Crippen molar-refractivity contribution in [2.75, 3.05) is 19.4 Å². The molecular formula is C26H25F5N2O6S. The van der Waals surface area contributed by atoms with Gasteiger partial charge in [-0.15, -0.1) is 0 Å². The highest BCUT2D eigenvalue weighted by molar-refractivity contribution is 7.92. The van der Waals surface area contributed by atoms with Gasteiger partial charge in [-0.3, -0.25) is 14.4 Å². The average molecular weight is 589 g/mol. The molecule has 1 saturated heterocycles. The van der Waals surface area contributed by atoms with Gasteiger partial charge in [-0.25, -0.2) is 17.2 Å². The maximum atomic E-state index is 14.7. The number of rotatable bonds is 8. The second-order valence-electron chi connectivity index (χ2n) is 9.69. The lowest BCUT2D eigenvalue weighted by atomic mass is 9.98. The highest BCUT2D eigenvalue weighted by atomic mass is 32.2. The molecule has 1 saturated carbocycles. The largest absolute Gasteiger partial charge is 0.468 e. The number of esters is 1. The van der Waals surface area contributed by atoms with Crippen LogP contribution in [0.15, 0.2) is 41.3 Å². The molecule has 2 fully saturated rings. The van der Waals surface area contributed by atoms with Crippen molar-refractivity contribution >= 4 is 27.6 Å². The Morgan fingerprint density at radius 3 is 2.40 bits per heavy atom. The van der Waals surface area contributed by atoms with E-state index < -0.39 is 74.4 Å². The molecule has 2 aromatic rings. The van der Waals surface area contributed by atoms with E-state index in [1.807, 2.05) is 0 Å². The second-order valence-corrected chi connectivity index (χ2v) is 11.7. The summed E-state index contributed by atoms with van der Waals surface area (Å²) in [6, 6.07) is 3.33. The van der Waals surface area contributed by atoms with Crippen LogP contribution in [0, 0.1) is 17.6 Å². The van der Waals surface area contributed by atoms with Crippen LogP contribution in [0.1, 0.15) is 53.2 Å². The molecule has 4 rings (SSSR count). The van der Waals surface area contributed by atoms with Crippen molar-refractivity contribution in [1.29, 1.82) is 0 Å². The van der Waals surface area contributed by atoms with Crippen LogP contribution in [0.5, 0.6) is 0 Å². The van der Waals surface area contributed by atoms with Gasteiger partial charge >= 0.3 is 12.1 Å². The van der Waals surface area contributed by atoms with Crippen LogP contribution in [0.4, 0.5) is 22.0 Å². The Balaban J connectivity index is 1.55. The first kappa shape index (κ1) is 29.4. The molecular weight excluding hydrogens is 563 g/mol. The minimum atomic E-state index is -5.09. The Labute approximate surface area is 226 Å². The molecule has 2 atom stereocenters. The molecule has 216 valence electrons. The van der Waals surface area contributed by atoms with Crippen molar-refractivity contribution in [3.05, 3.63) is 64.7 Å². The molecule has 8 nitrogen and oxygen atoms in total. The maximum Gasteiger partial charge on any atom is 0.419 e. The third kappa shape index (κ3) is 6.26. The van der Waals surface area contributed by atoms with E-state index in [2.05, 4.69) is 10.1 Å². The molecule has 0 radical (unpaired) electrons. The summed E-state index contributed by atoms with van der Waals surface area (Å²) in [7, 11) is -3.08. The zero-order valence-electron chi connectivity index (χ0n) is 21.1. The number of hydrogen-bond acceptors (Lipinski definition) is 6. The Morgan fingerprint density at radius 1 is 1.07 bits per heavy atom. The van der Waals surface area contributed by atoms with E-state index in [9.17, 15) is 44.8 Å². The highest BCUT2D eigenvalue weighted by Gasteiger charge is 2.42. The monoisotopic (exact) mass is 588 g/mol. The summed E-state index contributed by atoms with van der Waals surface area (Å²) in [5.41, 5.74) is -2.22. The van der Waals surface area contributed by atoms with Crippen LogP contribution in [-0.4, -0.2) is 56.6 Å². The van der Waals surface area contributed by atoms with Crippen molar-refractivity contribution in [1.82, 2.24) is 10.2 Å². The van der Waals surface area contributed by atoms with Gasteiger partial charge in [0.05, 0.1) is 23.6 Å². The first-order valence-electron chi connectivity index (χ1n) is 12.3. The van der Waals surface area contributed by atoms with E-state index in [1.165, 1.54) is 23.1 Å². The Morgan fingerprint density at radius 2 is 1.77 bits per heavy atom. The van der Waals surface area contributed by atoms with Crippen LogP contribution in [0.25, 0.3) is 0 Å². The van der Waals surface area contributed by atoms with E-state index in [1.54, 1.807) is 0 Å². The lowest BCUT2D eigenvalue weighted by Gasteiger charge is -2.27. The van der Waals surface area contributed by atoms with Gasteiger partial charge in [0.1, 0.15) is 17.7 Å². The molecule has 1 aliphatic heterocycles. The quantitative estimate of drug-likeness (QED) is 0.371. The SMILES string of the molecule is COC(=O)CS(=O)(=O)c1cccc(C(=O)N2CCC[C@@H]2C(=O)NC(c2cc(F)c(C(F)(F)F)cc2F)C2CC2)c1. The highest BCUT2D eigenvalue weighted by Crippen LogP contribution is 2.43. The smallest absolute Gasteiger partial charge is 0.419 e. The summed E-state index contributed by atoms with van der Waals surface area (Å²) >= 11 is 0. The number of amides is 2. The van der Waals surface area contributed by atoms with Gasteiger partial charge in [0.25, 0.3) is 5.91 Å². The predicted molar refractivity (Wildman–Crippen MR) is 130 cm³/mol. The van der Waals surface area contributed by atoms with Crippen LogP contribution in [0.2, 0.25) is 0 Å². The molecule has 40 heavy (non-hydrogen) atoms. The van der Waals surface area contributed by atoms with Crippen molar-refractivity contribution in [2.45, 2.75) is 48.8 Å².